The molecule has 0 aromatic carbocycles. The van der Waals surface area contributed by atoms with Crippen molar-refractivity contribution in [3.8, 4) is 5.88 Å². The van der Waals surface area contributed by atoms with Gasteiger partial charge in [-0.2, -0.15) is 0 Å². The first kappa shape index (κ1) is 13.9. The van der Waals surface area contributed by atoms with Crippen LogP contribution in [0.3, 0.4) is 0 Å². The average molecular weight is 267 g/mol. The number of hydrogen-bond acceptors (Lipinski definition) is 4. The Balaban J connectivity index is 2.34. The van der Waals surface area contributed by atoms with E-state index in [-0.39, 0.29) is 23.4 Å². The van der Waals surface area contributed by atoms with Gasteiger partial charge in [0.1, 0.15) is 0 Å². The molecule has 19 heavy (non-hydrogen) atoms. The Labute approximate surface area is 112 Å². The van der Waals surface area contributed by atoms with Gasteiger partial charge < -0.3 is 15.6 Å². The molecule has 0 unspecified atom stereocenters. The van der Waals surface area contributed by atoms with Crippen molar-refractivity contribution in [2.45, 2.75) is 57.6 Å². The molecule has 1 aliphatic rings. The number of ether oxygens (including phenoxy) is 1. The number of nitrogens with two attached hydrogens (primary N) is 1. The smallest absolute Gasteiger partial charge is 0.393 e. The van der Waals surface area contributed by atoms with Crippen LogP contribution in [0.15, 0.2) is 6.07 Å². The fraction of sp³-hybridized carbons (Fsp3) is 0.692. The van der Waals surface area contributed by atoms with Gasteiger partial charge in [-0.25, -0.2) is 4.79 Å². The first-order chi connectivity index (χ1) is 8.77. The van der Waals surface area contributed by atoms with Gasteiger partial charge in [0.05, 0.1) is 11.6 Å². The summed E-state index contributed by atoms with van der Waals surface area (Å²) in [7, 11) is 0. The van der Waals surface area contributed by atoms with Gasteiger partial charge in [-0.05, 0) is 40.0 Å². The maximum atomic E-state index is 10.8. The molecule has 1 heterocycles. The highest BCUT2D eigenvalue weighted by Gasteiger charge is 2.31. The zero-order valence-electron chi connectivity index (χ0n) is 11.6. The summed E-state index contributed by atoms with van der Waals surface area (Å²) in [5.74, 6) is 0.464. The van der Waals surface area contributed by atoms with Crippen LogP contribution in [0, 0.1) is 0 Å². The molecule has 2 rings (SSSR count). The summed E-state index contributed by atoms with van der Waals surface area (Å²) >= 11 is 0. The second-order valence-electron chi connectivity index (χ2n) is 6.07. The Morgan fingerprint density at radius 1 is 1.53 bits per heavy atom. The summed E-state index contributed by atoms with van der Waals surface area (Å²) in [4.78, 5) is 10.8. The van der Waals surface area contributed by atoms with Crippen LogP contribution in [-0.4, -0.2) is 27.1 Å². The Morgan fingerprint density at radius 3 is 2.68 bits per heavy atom. The minimum Gasteiger partial charge on any atom is -0.393 e. The van der Waals surface area contributed by atoms with Gasteiger partial charge in [0.25, 0.3) is 0 Å². The van der Waals surface area contributed by atoms with Gasteiger partial charge in [-0.3, -0.25) is 4.68 Å². The zero-order chi connectivity index (χ0) is 14.2. The lowest BCUT2D eigenvalue weighted by Gasteiger charge is -2.24. The number of hydrogen-bond donors (Lipinski definition) is 2. The summed E-state index contributed by atoms with van der Waals surface area (Å²) in [5, 5.41) is 14.0. The third-order valence-corrected chi connectivity index (χ3v) is 3.38. The SMILES string of the molecule is CC(C)(C)n1nc(OC(N)=O)cc1[C@H]1CC[C@H](O)C1. The van der Waals surface area contributed by atoms with E-state index in [4.69, 9.17) is 10.5 Å². The molecule has 6 nitrogen and oxygen atoms in total. The number of aliphatic hydroxyl groups excluding tert-OH is 1. The van der Waals surface area contributed by atoms with Crippen molar-refractivity contribution in [1.29, 1.82) is 0 Å². The van der Waals surface area contributed by atoms with E-state index in [2.05, 4.69) is 5.10 Å². The van der Waals surface area contributed by atoms with Crippen molar-refractivity contribution in [2.75, 3.05) is 0 Å². The average Bonchev–Trinajstić information content (AvgIpc) is 2.82. The van der Waals surface area contributed by atoms with Crippen LogP contribution in [-0.2, 0) is 5.54 Å². The molecule has 0 spiro atoms. The molecule has 1 saturated carbocycles. The minimum atomic E-state index is -0.864. The van der Waals surface area contributed by atoms with E-state index in [0.29, 0.717) is 0 Å². The van der Waals surface area contributed by atoms with E-state index >= 15 is 0 Å². The largest absolute Gasteiger partial charge is 0.411 e. The molecule has 3 N–H and O–H groups in total. The van der Waals surface area contributed by atoms with E-state index in [1.165, 1.54) is 0 Å². The van der Waals surface area contributed by atoms with Crippen LogP contribution in [0.1, 0.15) is 51.6 Å². The van der Waals surface area contributed by atoms with Gasteiger partial charge in [0, 0.05) is 17.7 Å². The van der Waals surface area contributed by atoms with Crippen molar-refractivity contribution in [1.82, 2.24) is 9.78 Å². The van der Waals surface area contributed by atoms with Crippen molar-refractivity contribution in [3.05, 3.63) is 11.8 Å². The van der Waals surface area contributed by atoms with Crippen LogP contribution >= 0.6 is 0 Å². The molecule has 0 aliphatic heterocycles. The van der Waals surface area contributed by atoms with Crippen LogP contribution in [0.25, 0.3) is 0 Å². The summed E-state index contributed by atoms with van der Waals surface area (Å²) in [6.07, 6.45) is 1.31. The number of aliphatic hydroxyl groups is 1. The molecule has 0 radical (unpaired) electrons. The van der Waals surface area contributed by atoms with Gasteiger partial charge in [0.15, 0.2) is 0 Å². The molecule has 6 heteroatoms. The third-order valence-electron chi connectivity index (χ3n) is 3.38. The quantitative estimate of drug-likeness (QED) is 0.853. The minimum absolute atomic E-state index is 0.220. The van der Waals surface area contributed by atoms with E-state index in [1.807, 2.05) is 25.5 Å². The van der Waals surface area contributed by atoms with Gasteiger partial charge in [0.2, 0.25) is 5.88 Å². The van der Waals surface area contributed by atoms with E-state index in [0.717, 1.165) is 25.0 Å². The number of rotatable bonds is 2. The van der Waals surface area contributed by atoms with Gasteiger partial charge in [-0.1, -0.05) is 0 Å². The topological polar surface area (TPSA) is 90.4 Å². The van der Waals surface area contributed by atoms with Crippen molar-refractivity contribution < 1.29 is 14.6 Å². The number of aromatic nitrogens is 2. The fourth-order valence-electron chi connectivity index (χ4n) is 2.58. The predicted molar refractivity (Wildman–Crippen MR) is 70.0 cm³/mol. The molecule has 1 aliphatic carbocycles. The summed E-state index contributed by atoms with van der Waals surface area (Å²) < 4.78 is 6.72. The molecule has 1 amide bonds. The molecule has 0 saturated heterocycles. The molecule has 106 valence electrons. The summed E-state index contributed by atoms with van der Waals surface area (Å²) in [5.41, 5.74) is 5.78. The highest BCUT2D eigenvalue weighted by Crippen LogP contribution is 2.37. The van der Waals surface area contributed by atoms with E-state index in [1.54, 1.807) is 6.07 Å². The Hall–Kier alpha value is -1.56. The lowest BCUT2D eigenvalue weighted by atomic mass is 10.0. The Bertz CT molecular complexity index is 476. The van der Waals surface area contributed by atoms with Crippen LogP contribution in [0.2, 0.25) is 0 Å². The Kier molecular flexibility index (Phi) is 3.54. The second kappa shape index (κ2) is 4.85. The number of primary amides is 1. The Morgan fingerprint density at radius 2 is 2.21 bits per heavy atom. The molecule has 1 aromatic heterocycles. The standard InChI is InChI=1S/C13H21N3O3/c1-13(2,3)16-10(8-4-5-9(17)6-8)7-11(15-16)19-12(14)18/h7-9,17H,4-6H2,1-3H3,(H2,14,18)/t8-,9-/m0/s1. The highest BCUT2D eigenvalue weighted by molar-refractivity contribution is 5.67. The maximum Gasteiger partial charge on any atom is 0.411 e. The van der Waals surface area contributed by atoms with E-state index in [9.17, 15) is 9.90 Å². The first-order valence-corrected chi connectivity index (χ1v) is 6.53. The molecule has 1 aromatic rings. The van der Waals surface area contributed by atoms with Crippen LogP contribution in [0.4, 0.5) is 4.79 Å². The third kappa shape index (κ3) is 3.07. The maximum absolute atomic E-state index is 10.8. The number of carbonyl (C=O) groups is 1. The normalized spacial score (nSPS) is 23.6. The number of nitrogens with zero attached hydrogens (tertiary/aromatic N) is 2. The predicted octanol–water partition coefficient (Wildman–Crippen LogP) is 1.72. The van der Waals surface area contributed by atoms with Gasteiger partial charge in [-0.15, -0.1) is 5.10 Å². The zero-order valence-corrected chi connectivity index (χ0v) is 11.6. The second-order valence-corrected chi connectivity index (χ2v) is 6.07. The summed E-state index contributed by atoms with van der Waals surface area (Å²) in [6.45, 7) is 6.09. The monoisotopic (exact) mass is 267 g/mol. The lowest BCUT2D eigenvalue weighted by molar-refractivity contribution is 0.180. The molecular formula is C13H21N3O3. The highest BCUT2D eigenvalue weighted by atomic mass is 16.6. The van der Waals surface area contributed by atoms with Crippen molar-refractivity contribution in [2.24, 2.45) is 5.73 Å². The molecule has 2 atom stereocenters. The van der Waals surface area contributed by atoms with E-state index < -0.39 is 6.09 Å². The lowest BCUT2D eigenvalue weighted by Crippen LogP contribution is -2.26. The summed E-state index contributed by atoms with van der Waals surface area (Å²) in [6, 6.07) is 1.75. The van der Waals surface area contributed by atoms with Crippen molar-refractivity contribution >= 4 is 6.09 Å². The van der Waals surface area contributed by atoms with Crippen LogP contribution in [0.5, 0.6) is 5.88 Å². The van der Waals surface area contributed by atoms with Crippen molar-refractivity contribution in [3.63, 3.8) is 0 Å². The van der Waals surface area contributed by atoms with Crippen LogP contribution < -0.4 is 10.5 Å². The fourth-order valence-corrected chi connectivity index (χ4v) is 2.58. The number of amides is 1. The molecule has 1 fully saturated rings. The number of carbonyl (C=O) groups excluding carboxylic acids is 1. The first-order valence-electron chi connectivity index (χ1n) is 6.53. The molecular weight excluding hydrogens is 246 g/mol. The molecule has 0 bridgehead atoms. The van der Waals surface area contributed by atoms with Gasteiger partial charge >= 0.3 is 6.09 Å².